The van der Waals surface area contributed by atoms with Crippen LogP contribution in [0.4, 0.5) is 0 Å². The zero-order valence-corrected chi connectivity index (χ0v) is 19.5. The summed E-state index contributed by atoms with van der Waals surface area (Å²) < 4.78 is 51.6. The molecule has 12 N–H and O–H groups in total. The Morgan fingerprint density at radius 1 is 1.18 bits per heavy atom. The highest BCUT2D eigenvalue weighted by Gasteiger charge is 2.43. The van der Waals surface area contributed by atoms with Gasteiger partial charge in [0.1, 0.15) is 12.3 Å². The molecule has 21 heteroatoms. The van der Waals surface area contributed by atoms with E-state index >= 15 is 0 Å². The van der Waals surface area contributed by atoms with Crippen molar-refractivity contribution in [1.29, 1.82) is 0 Å². The van der Waals surface area contributed by atoms with Gasteiger partial charge in [-0.25, -0.2) is 18.5 Å². The summed E-state index contributed by atoms with van der Waals surface area (Å²) in [6, 6.07) is 0. The molecule has 1 aromatic rings. The van der Waals surface area contributed by atoms with E-state index in [2.05, 4.69) is 13.1 Å². The molecule has 0 aliphatic carbocycles. The lowest BCUT2D eigenvalue weighted by Crippen LogP contribution is -2.33. The maximum Gasteiger partial charge on any atom is 0.490 e. The number of nitrogens with two attached hydrogens (primary N) is 1. The van der Waals surface area contributed by atoms with E-state index < -0.39 is 59.8 Å². The van der Waals surface area contributed by atoms with Gasteiger partial charge < -0.3 is 41.3 Å². The van der Waals surface area contributed by atoms with Gasteiger partial charge in [0.25, 0.3) is 5.56 Å². The number of quaternary nitrogens is 1. The predicted octanol–water partition coefficient (Wildman–Crippen LogP) is -1.12. The summed E-state index contributed by atoms with van der Waals surface area (Å²) in [5.41, 5.74) is 3.81. The van der Waals surface area contributed by atoms with E-state index in [1.54, 1.807) is 0 Å². The van der Waals surface area contributed by atoms with E-state index in [1.165, 1.54) is 12.2 Å². The second-order valence-corrected chi connectivity index (χ2v) is 10.6. The van der Waals surface area contributed by atoms with Gasteiger partial charge in [-0.15, -0.1) is 0 Å². The van der Waals surface area contributed by atoms with Gasteiger partial charge >= 0.3 is 29.2 Å². The van der Waals surface area contributed by atoms with Crippen molar-refractivity contribution in [2.45, 2.75) is 24.9 Å². The number of phosphoric acid groups is 3. The lowest BCUT2D eigenvalue weighted by molar-refractivity contribution is -0.0450. The minimum atomic E-state index is -5.70. The molecule has 2 heterocycles. The lowest BCUT2D eigenvalue weighted by Gasteiger charge is -2.19. The van der Waals surface area contributed by atoms with Crippen LogP contribution in [-0.2, 0) is 31.6 Å². The highest BCUT2D eigenvalue weighted by Crippen LogP contribution is 2.66. The molecule has 2 rings (SSSR count). The minimum Gasteiger partial charge on any atom is -0.390 e. The van der Waals surface area contributed by atoms with Crippen LogP contribution in [0.5, 0.6) is 0 Å². The van der Waals surface area contributed by atoms with E-state index in [-0.39, 0.29) is 24.7 Å². The summed E-state index contributed by atoms with van der Waals surface area (Å²) in [6.45, 7) is -0.778. The Kier molecular flexibility index (Phi) is 10.3. The Balaban J connectivity index is 0.00000544. The highest BCUT2D eigenvalue weighted by atomic mass is 31.3. The number of aliphatic hydroxyl groups is 1. The molecule has 33 heavy (non-hydrogen) atoms. The van der Waals surface area contributed by atoms with Crippen molar-refractivity contribution in [2.24, 2.45) is 5.73 Å². The summed E-state index contributed by atoms with van der Waals surface area (Å²) in [7, 11) is -16.7. The maximum atomic E-state index is 12.1. The lowest BCUT2D eigenvalue weighted by atomic mass is 10.2. The SMILES string of the molecule is NC/C=C/c1cn([C@H]2C[C@H](O)[C@@H](COP(=O)(O)OP(=O)(O)OP(=O)(O)O)O2)c(=O)[nH]c1=O.[NH4+]. The van der Waals surface area contributed by atoms with Crippen molar-refractivity contribution >= 4 is 29.5 Å². The van der Waals surface area contributed by atoms with Crippen LogP contribution < -0.4 is 23.1 Å². The molecule has 0 spiro atoms. The zero-order valence-electron chi connectivity index (χ0n) is 16.9. The van der Waals surface area contributed by atoms with Crippen molar-refractivity contribution in [3.63, 3.8) is 0 Å². The van der Waals surface area contributed by atoms with Crippen LogP contribution in [0.1, 0.15) is 18.2 Å². The molecule has 0 aromatic carbocycles. The van der Waals surface area contributed by atoms with Crippen LogP contribution in [0.2, 0.25) is 0 Å². The zero-order chi connectivity index (χ0) is 24.3. The first-order valence-corrected chi connectivity index (χ1v) is 13.0. The first-order valence-electron chi connectivity index (χ1n) is 8.46. The molecule has 190 valence electrons. The normalized spacial score (nSPS) is 24.8. The predicted molar refractivity (Wildman–Crippen MR) is 110 cm³/mol. The number of hydrogen-bond donors (Lipinski definition) is 8. The van der Waals surface area contributed by atoms with Crippen LogP contribution in [-0.4, -0.2) is 59.6 Å². The average molecular weight is 541 g/mol. The number of phosphoric ester groups is 1. The maximum absolute atomic E-state index is 12.1. The Bertz CT molecular complexity index is 1110. The fraction of sp³-hybridized carbons (Fsp3) is 0.500. The molecule has 0 amide bonds. The van der Waals surface area contributed by atoms with Crippen LogP contribution in [0.25, 0.3) is 6.08 Å². The topological polar surface area (TPSA) is 307 Å². The van der Waals surface area contributed by atoms with E-state index in [0.717, 1.165) is 10.8 Å². The van der Waals surface area contributed by atoms with Gasteiger partial charge in [0.2, 0.25) is 0 Å². The molecule has 18 nitrogen and oxygen atoms in total. The third-order valence-electron chi connectivity index (χ3n) is 3.76. The number of aliphatic hydroxyl groups excluding tert-OH is 1. The second kappa shape index (κ2) is 11.4. The number of nitrogens with one attached hydrogen (secondary N) is 1. The molecule has 0 radical (unpaired) electrons. The van der Waals surface area contributed by atoms with Crippen LogP contribution in [0.3, 0.4) is 0 Å². The van der Waals surface area contributed by atoms with Crippen molar-refractivity contribution in [3.8, 4) is 0 Å². The number of rotatable bonds is 10. The largest absolute Gasteiger partial charge is 0.490 e. The van der Waals surface area contributed by atoms with Gasteiger partial charge in [0.05, 0.1) is 18.3 Å². The molecule has 1 saturated heterocycles. The van der Waals surface area contributed by atoms with Crippen molar-refractivity contribution in [3.05, 3.63) is 38.7 Å². The average Bonchev–Trinajstić information content (AvgIpc) is 2.97. The number of aromatic nitrogens is 2. The summed E-state index contributed by atoms with van der Waals surface area (Å²) >= 11 is 0. The first-order chi connectivity index (χ1) is 14.6. The molecule has 1 aromatic heterocycles. The highest BCUT2D eigenvalue weighted by molar-refractivity contribution is 7.66. The Morgan fingerprint density at radius 3 is 2.39 bits per heavy atom. The molecular weight excluding hydrogens is 517 g/mol. The third-order valence-corrected chi connectivity index (χ3v) is 7.56. The fourth-order valence-corrected chi connectivity index (χ4v) is 5.57. The van der Waals surface area contributed by atoms with Crippen molar-refractivity contribution < 1.29 is 56.3 Å². The van der Waals surface area contributed by atoms with E-state index in [9.17, 15) is 33.3 Å². The molecule has 1 fully saturated rings. The van der Waals surface area contributed by atoms with E-state index in [1.807, 2.05) is 4.98 Å². The minimum absolute atomic E-state index is 0. The summed E-state index contributed by atoms with van der Waals surface area (Å²) in [4.78, 5) is 61.5. The summed E-state index contributed by atoms with van der Waals surface area (Å²) in [6.07, 6.45) is -0.0802. The van der Waals surface area contributed by atoms with Crippen molar-refractivity contribution in [1.82, 2.24) is 15.7 Å². The fourth-order valence-electron chi connectivity index (χ4n) is 2.54. The monoisotopic (exact) mass is 541 g/mol. The summed E-state index contributed by atoms with van der Waals surface area (Å²) in [5.74, 6) is 0. The number of hydrogen-bond acceptors (Lipinski definition) is 11. The molecule has 0 bridgehead atoms. The quantitative estimate of drug-likeness (QED) is 0.163. The van der Waals surface area contributed by atoms with Crippen LogP contribution in [0.15, 0.2) is 21.9 Å². The molecule has 1 aliphatic rings. The molecule has 0 saturated carbocycles. The third kappa shape index (κ3) is 9.09. The van der Waals surface area contributed by atoms with Gasteiger partial charge in [-0.05, 0) is 0 Å². The van der Waals surface area contributed by atoms with Gasteiger partial charge in [-0.3, -0.25) is 18.9 Å². The van der Waals surface area contributed by atoms with Gasteiger partial charge in [0.15, 0.2) is 0 Å². The van der Waals surface area contributed by atoms with Crippen molar-refractivity contribution in [2.75, 3.05) is 13.2 Å². The molecular formula is C12H24N4O14P3+. The number of ether oxygens (including phenoxy) is 1. The molecule has 5 atom stereocenters. The molecule has 2 unspecified atom stereocenters. The number of aromatic amines is 1. The Labute approximate surface area is 184 Å². The van der Waals surface area contributed by atoms with E-state index in [0.29, 0.717) is 0 Å². The first kappa shape index (κ1) is 29.7. The Morgan fingerprint density at radius 2 is 1.82 bits per heavy atom. The second-order valence-electron chi connectivity index (χ2n) is 6.21. The van der Waals surface area contributed by atoms with Gasteiger partial charge in [0, 0.05) is 19.2 Å². The van der Waals surface area contributed by atoms with Crippen LogP contribution >= 0.6 is 23.5 Å². The number of H-pyrrole nitrogens is 1. The Hall–Kier alpha value is -1.33. The van der Waals surface area contributed by atoms with Crippen LogP contribution in [0, 0.1) is 0 Å². The van der Waals surface area contributed by atoms with Gasteiger partial charge in [-0.2, -0.15) is 8.62 Å². The summed E-state index contributed by atoms with van der Waals surface area (Å²) in [5, 5.41) is 10.1. The number of nitrogens with zero attached hydrogens (tertiary/aromatic N) is 1. The molecule has 1 aliphatic heterocycles. The smallest absolute Gasteiger partial charge is 0.390 e. The van der Waals surface area contributed by atoms with Gasteiger partial charge in [-0.1, -0.05) is 12.2 Å². The standard InChI is InChI=1S/C12H20N3O14P3.H3N/c13-3-1-2-7-5-15(12(18)14-11(7)17)10-4-8(16)9(27-10)6-26-31(22,23)29-32(24,25)28-30(19,20)21;/h1-2,5,8-10,16H,3-4,6,13H2,(H,22,23)(H,24,25)(H,14,17,18)(H2,19,20,21);1H3/p+1/b2-1+;/t8-,9+,10+;/m0./s1. The van der Waals surface area contributed by atoms with E-state index in [4.69, 9.17) is 25.2 Å².